The van der Waals surface area contributed by atoms with Crippen molar-refractivity contribution in [3.8, 4) is 17.1 Å². The van der Waals surface area contributed by atoms with Crippen LogP contribution in [0, 0.1) is 5.82 Å². The summed E-state index contributed by atoms with van der Waals surface area (Å²) >= 11 is 7.68. The minimum Gasteiger partial charge on any atom is -0.368 e. The van der Waals surface area contributed by atoms with Crippen molar-refractivity contribution in [1.29, 1.82) is 0 Å². The molecule has 4 rings (SSSR count). The molecule has 0 aliphatic rings. The predicted octanol–water partition coefficient (Wildman–Crippen LogP) is 3.85. The molecular weight excluding hydrogens is 439 g/mol. The zero-order valence-electron chi connectivity index (χ0n) is 16.7. The van der Waals surface area contributed by atoms with Gasteiger partial charge in [0.1, 0.15) is 11.6 Å². The second-order valence-electron chi connectivity index (χ2n) is 6.67. The molecule has 8 nitrogen and oxygen atoms in total. The van der Waals surface area contributed by atoms with Crippen LogP contribution in [0.15, 0.2) is 53.7 Å². The Labute approximate surface area is 187 Å². The SMILES string of the molecule is CN(C)c1nc(N)nc(CSc2nnc(-c3ccccc3Cl)n2-c2ccccc2F)n1. The van der Waals surface area contributed by atoms with Gasteiger partial charge in [-0.25, -0.2) is 4.39 Å². The number of para-hydroxylation sites is 1. The Morgan fingerprint density at radius 2 is 1.77 bits per heavy atom. The molecule has 0 amide bonds. The average Bonchev–Trinajstić information content (AvgIpc) is 3.16. The first kappa shape index (κ1) is 21.0. The summed E-state index contributed by atoms with van der Waals surface area (Å²) in [4.78, 5) is 14.4. The Balaban J connectivity index is 1.75. The van der Waals surface area contributed by atoms with Crippen LogP contribution in [0.2, 0.25) is 5.02 Å². The Morgan fingerprint density at radius 3 is 2.52 bits per heavy atom. The van der Waals surface area contributed by atoms with Crippen LogP contribution in [0.25, 0.3) is 17.1 Å². The highest BCUT2D eigenvalue weighted by atomic mass is 35.5. The van der Waals surface area contributed by atoms with Gasteiger partial charge in [0.05, 0.1) is 16.5 Å². The molecule has 4 aromatic rings. The molecule has 0 saturated carbocycles. The van der Waals surface area contributed by atoms with Crippen LogP contribution < -0.4 is 10.6 Å². The van der Waals surface area contributed by atoms with Crippen LogP contribution >= 0.6 is 23.4 Å². The second kappa shape index (κ2) is 8.86. The summed E-state index contributed by atoms with van der Waals surface area (Å²) in [6, 6.07) is 13.6. The molecule has 0 radical (unpaired) electrons. The van der Waals surface area contributed by atoms with Crippen molar-refractivity contribution in [3.63, 3.8) is 0 Å². The normalized spacial score (nSPS) is 11.0. The zero-order chi connectivity index (χ0) is 22.0. The van der Waals surface area contributed by atoms with E-state index in [-0.39, 0.29) is 5.95 Å². The smallest absolute Gasteiger partial charge is 0.229 e. The van der Waals surface area contributed by atoms with Crippen LogP contribution in [0.5, 0.6) is 0 Å². The van der Waals surface area contributed by atoms with Gasteiger partial charge >= 0.3 is 0 Å². The monoisotopic (exact) mass is 456 g/mol. The first-order valence-corrected chi connectivity index (χ1v) is 10.6. The minimum absolute atomic E-state index is 0.127. The fourth-order valence-electron chi connectivity index (χ4n) is 2.85. The fraction of sp³-hybridized carbons (Fsp3) is 0.150. The van der Waals surface area contributed by atoms with E-state index in [1.54, 1.807) is 33.7 Å². The minimum atomic E-state index is -0.406. The molecule has 0 aliphatic heterocycles. The molecule has 2 aromatic carbocycles. The van der Waals surface area contributed by atoms with Gasteiger partial charge in [0.2, 0.25) is 11.9 Å². The van der Waals surface area contributed by atoms with Crippen molar-refractivity contribution >= 4 is 35.3 Å². The van der Waals surface area contributed by atoms with Crippen LogP contribution in [0.3, 0.4) is 0 Å². The van der Waals surface area contributed by atoms with E-state index >= 15 is 0 Å². The van der Waals surface area contributed by atoms with E-state index < -0.39 is 5.82 Å². The van der Waals surface area contributed by atoms with Crippen molar-refractivity contribution < 1.29 is 4.39 Å². The third-order valence-corrected chi connectivity index (χ3v) is 5.51. The first-order valence-electron chi connectivity index (χ1n) is 9.20. The number of nitrogen functional groups attached to an aromatic ring is 1. The van der Waals surface area contributed by atoms with Gasteiger partial charge in [0.25, 0.3) is 0 Å². The number of aromatic nitrogens is 6. The van der Waals surface area contributed by atoms with E-state index in [0.29, 0.717) is 44.8 Å². The third kappa shape index (κ3) is 4.44. The van der Waals surface area contributed by atoms with E-state index in [1.165, 1.54) is 17.8 Å². The first-order chi connectivity index (χ1) is 14.9. The topological polar surface area (TPSA) is 98.6 Å². The zero-order valence-corrected chi connectivity index (χ0v) is 18.3. The van der Waals surface area contributed by atoms with Gasteiger partial charge in [-0.05, 0) is 24.3 Å². The summed E-state index contributed by atoms with van der Waals surface area (Å²) in [5.74, 6) is 1.42. The van der Waals surface area contributed by atoms with Gasteiger partial charge in [-0.15, -0.1) is 10.2 Å². The number of rotatable bonds is 6. The van der Waals surface area contributed by atoms with Crippen LogP contribution in [-0.2, 0) is 5.75 Å². The lowest BCUT2D eigenvalue weighted by atomic mass is 10.2. The fourth-order valence-corrected chi connectivity index (χ4v) is 3.87. The summed E-state index contributed by atoms with van der Waals surface area (Å²) in [6.07, 6.45) is 0. The summed E-state index contributed by atoms with van der Waals surface area (Å²) in [5, 5.41) is 9.53. The Hall–Kier alpha value is -3.24. The number of hydrogen-bond donors (Lipinski definition) is 1. The number of benzene rings is 2. The number of halogens is 2. The molecule has 0 atom stereocenters. The van der Waals surface area contributed by atoms with Crippen molar-refractivity contribution in [1.82, 2.24) is 29.7 Å². The number of anilines is 2. The summed E-state index contributed by atoms with van der Waals surface area (Å²) in [7, 11) is 3.63. The van der Waals surface area contributed by atoms with Gasteiger partial charge in [-0.2, -0.15) is 15.0 Å². The lowest BCUT2D eigenvalue weighted by Crippen LogP contribution is -2.16. The van der Waals surface area contributed by atoms with E-state index in [9.17, 15) is 4.39 Å². The Bertz CT molecular complexity index is 1230. The molecule has 0 fully saturated rings. The highest BCUT2D eigenvalue weighted by Gasteiger charge is 2.20. The largest absolute Gasteiger partial charge is 0.368 e. The average molecular weight is 457 g/mol. The molecule has 0 saturated heterocycles. The molecule has 0 aliphatic carbocycles. The van der Waals surface area contributed by atoms with Gasteiger partial charge in [0, 0.05) is 19.7 Å². The van der Waals surface area contributed by atoms with Gasteiger partial charge in [-0.3, -0.25) is 4.57 Å². The van der Waals surface area contributed by atoms with Crippen LogP contribution in [0.4, 0.5) is 16.3 Å². The van der Waals surface area contributed by atoms with E-state index in [4.69, 9.17) is 17.3 Å². The molecule has 0 unspecified atom stereocenters. The maximum absolute atomic E-state index is 14.7. The van der Waals surface area contributed by atoms with Crippen molar-refractivity contribution in [3.05, 3.63) is 65.2 Å². The predicted molar refractivity (Wildman–Crippen MR) is 120 cm³/mol. The number of thioether (sulfide) groups is 1. The highest BCUT2D eigenvalue weighted by Crippen LogP contribution is 2.33. The van der Waals surface area contributed by atoms with E-state index in [2.05, 4.69) is 25.1 Å². The molecule has 2 heterocycles. The Morgan fingerprint density at radius 1 is 1.03 bits per heavy atom. The van der Waals surface area contributed by atoms with Crippen molar-refractivity contribution in [2.45, 2.75) is 10.9 Å². The lowest BCUT2D eigenvalue weighted by Gasteiger charge is -2.13. The number of hydrogen-bond acceptors (Lipinski definition) is 8. The standard InChI is InChI=1S/C20H18ClFN8S/c1-29(2)19-25-16(24-18(23)26-19)11-31-20-28-27-17(12-7-3-4-8-13(12)21)30(20)15-10-6-5-9-14(15)22/h3-10H,11H2,1-2H3,(H2,23,24,25,26). The maximum atomic E-state index is 14.7. The molecule has 2 aromatic heterocycles. The summed E-state index contributed by atoms with van der Waals surface area (Å²) in [6.45, 7) is 0. The number of nitrogens with zero attached hydrogens (tertiary/aromatic N) is 7. The van der Waals surface area contributed by atoms with Crippen LogP contribution in [0.1, 0.15) is 5.82 Å². The van der Waals surface area contributed by atoms with E-state index in [0.717, 1.165) is 0 Å². The van der Waals surface area contributed by atoms with Gasteiger partial charge < -0.3 is 10.6 Å². The van der Waals surface area contributed by atoms with Crippen molar-refractivity contribution in [2.24, 2.45) is 0 Å². The lowest BCUT2D eigenvalue weighted by molar-refractivity contribution is 0.613. The molecule has 11 heteroatoms. The quantitative estimate of drug-likeness (QED) is 0.437. The van der Waals surface area contributed by atoms with E-state index in [1.807, 2.05) is 32.3 Å². The molecule has 0 bridgehead atoms. The van der Waals surface area contributed by atoms with Gasteiger partial charge in [0.15, 0.2) is 11.0 Å². The molecule has 158 valence electrons. The second-order valence-corrected chi connectivity index (χ2v) is 8.02. The van der Waals surface area contributed by atoms with Gasteiger partial charge in [-0.1, -0.05) is 47.6 Å². The summed E-state index contributed by atoms with van der Waals surface area (Å²) < 4.78 is 16.4. The molecule has 31 heavy (non-hydrogen) atoms. The maximum Gasteiger partial charge on any atom is 0.229 e. The number of nitrogens with two attached hydrogens (primary N) is 1. The van der Waals surface area contributed by atoms with Crippen molar-refractivity contribution in [2.75, 3.05) is 24.7 Å². The summed E-state index contributed by atoms with van der Waals surface area (Å²) in [5.41, 5.74) is 6.77. The molecule has 0 spiro atoms. The molecule has 2 N–H and O–H groups in total. The highest BCUT2D eigenvalue weighted by molar-refractivity contribution is 7.98. The van der Waals surface area contributed by atoms with Crippen LogP contribution in [-0.4, -0.2) is 43.8 Å². The molecular formula is C20H18ClFN8S. The Kier molecular flexibility index (Phi) is 6.01. The third-order valence-electron chi connectivity index (χ3n) is 4.26.